The van der Waals surface area contributed by atoms with Gasteiger partial charge in [-0.25, -0.2) is 0 Å². The first-order valence-corrected chi connectivity index (χ1v) is 9.87. The van der Waals surface area contributed by atoms with Crippen LogP contribution in [0, 0.1) is 20.8 Å². The van der Waals surface area contributed by atoms with Crippen molar-refractivity contribution in [3.05, 3.63) is 70.8 Å². The number of carbonyl (C=O) groups is 1. The Kier molecular flexibility index (Phi) is 8.36. The maximum Gasteiger partial charge on any atom is 0.250 e. The zero-order valence-corrected chi connectivity index (χ0v) is 17.6. The minimum atomic E-state index is -0.262. The molecule has 2 aromatic carbocycles. The summed E-state index contributed by atoms with van der Waals surface area (Å²) in [4.78, 5) is 14.3. The second-order valence-corrected chi connectivity index (χ2v) is 7.30. The van der Waals surface area contributed by atoms with Gasteiger partial charge in [0.1, 0.15) is 0 Å². The van der Waals surface area contributed by atoms with Gasteiger partial charge in [-0.15, -0.1) is 0 Å². The molecule has 2 N–H and O–H groups in total. The van der Waals surface area contributed by atoms with Gasteiger partial charge >= 0.3 is 0 Å². The second kappa shape index (κ2) is 10.7. The predicted octanol–water partition coefficient (Wildman–Crippen LogP) is 4.31. The van der Waals surface area contributed by atoms with Gasteiger partial charge in [0.2, 0.25) is 5.91 Å². The highest BCUT2D eigenvalue weighted by Crippen LogP contribution is 2.22. The van der Waals surface area contributed by atoms with Gasteiger partial charge in [-0.3, -0.25) is 10.1 Å². The quantitative estimate of drug-likeness (QED) is 0.416. The van der Waals surface area contributed by atoms with Crippen molar-refractivity contribution in [3.8, 4) is 0 Å². The van der Waals surface area contributed by atoms with Gasteiger partial charge in [0, 0.05) is 24.9 Å². The Morgan fingerprint density at radius 1 is 1.07 bits per heavy atom. The van der Waals surface area contributed by atoms with Crippen molar-refractivity contribution in [2.45, 2.75) is 33.6 Å². The zero-order valence-electron chi connectivity index (χ0n) is 16.7. The average molecular weight is 397 g/mol. The van der Waals surface area contributed by atoms with E-state index in [0.717, 1.165) is 23.2 Å². The lowest BCUT2D eigenvalue weighted by Crippen LogP contribution is -2.43. The Hall–Kier alpha value is -2.50. The lowest BCUT2D eigenvalue weighted by molar-refractivity contribution is -0.115. The van der Waals surface area contributed by atoms with E-state index in [1.54, 1.807) is 6.08 Å². The summed E-state index contributed by atoms with van der Waals surface area (Å²) >= 11 is 5.52. The minimum Gasteiger partial charge on any atom is -0.396 e. The highest BCUT2D eigenvalue weighted by atomic mass is 32.1. The molecule has 0 aliphatic carbocycles. The van der Waals surface area contributed by atoms with E-state index in [1.807, 2.05) is 62.1 Å². The van der Waals surface area contributed by atoms with Crippen LogP contribution in [0.15, 0.2) is 48.5 Å². The van der Waals surface area contributed by atoms with E-state index in [1.165, 1.54) is 17.2 Å². The molecule has 28 heavy (non-hydrogen) atoms. The largest absolute Gasteiger partial charge is 0.396 e. The molecule has 0 fully saturated rings. The van der Waals surface area contributed by atoms with Gasteiger partial charge in [0.25, 0.3) is 0 Å². The topological polar surface area (TPSA) is 52.6 Å². The second-order valence-electron chi connectivity index (χ2n) is 6.91. The molecule has 2 rings (SSSR count). The molecular formula is C23H28N2O2S. The fraction of sp³-hybridized carbons (Fsp3) is 0.304. The number of amides is 1. The first-order chi connectivity index (χ1) is 13.4. The van der Waals surface area contributed by atoms with E-state index in [4.69, 9.17) is 17.3 Å². The Labute approximate surface area is 172 Å². The number of benzene rings is 2. The Morgan fingerprint density at radius 2 is 1.75 bits per heavy atom. The lowest BCUT2D eigenvalue weighted by Gasteiger charge is -2.27. The van der Waals surface area contributed by atoms with Gasteiger partial charge in [-0.2, -0.15) is 0 Å². The maximum atomic E-state index is 12.3. The number of aryl methyl sites for hydroxylation is 3. The van der Waals surface area contributed by atoms with Crippen molar-refractivity contribution in [2.24, 2.45) is 0 Å². The van der Waals surface area contributed by atoms with Gasteiger partial charge < -0.3 is 10.0 Å². The number of rotatable bonds is 7. The number of anilines is 1. The fourth-order valence-corrected chi connectivity index (χ4v) is 3.18. The van der Waals surface area contributed by atoms with Crippen LogP contribution in [0.25, 0.3) is 6.08 Å². The molecule has 0 aliphatic heterocycles. The first-order valence-electron chi connectivity index (χ1n) is 9.46. The molecule has 0 saturated carbocycles. The monoisotopic (exact) mass is 396 g/mol. The molecule has 0 radical (unpaired) electrons. The van der Waals surface area contributed by atoms with E-state index in [2.05, 4.69) is 11.4 Å². The third-order valence-corrected chi connectivity index (χ3v) is 4.74. The number of aliphatic hydroxyl groups is 1. The molecule has 0 heterocycles. The van der Waals surface area contributed by atoms with Gasteiger partial charge in [-0.1, -0.05) is 47.5 Å². The average Bonchev–Trinajstić information content (AvgIpc) is 2.65. The number of carbonyl (C=O) groups excluding carboxylic acids is 1. The molecule has 0 bridgehead atoms. The number of hydrogen-bond donors (Lipinski definition) is 2. The number of unbranched alkanes of at least 4 members (excludes halogenated alkanes) is 1. The normalized spacial score (nSPS) is 10.9. The molecule has 148 valence electrons. The third-order valence-electron chi connectivity index (χ3n) is 4.41. The van der Waals surface area contributed by atoms with Gasteiger partial charge in [-0.05, 0) is 69.1 Å². The summed E-state index contributed by atoms with van der Waals surface area (Å²) in [7, 11) is 0. The molecule has 0 aromatic heterocycles. The number of hydrogen-bond acceptors (Lipinski definition) is 3. The summed E-state index contributed by atoms with van der Waals surface area (Å²) in [6.07, 6.45) is 4.72. The van der Waals surface area contributed by atoms with Crippen LogP contribution in [0.3, 0.4) is 0 Å². The van der Waals surface area contributed by atoms with E-state index >= 15 is 0 Å². The Morgan fingerprint density at radius 3 is 2.39 bits per heavy atom. The number of nitrogens with one attached hydrogen (secondary N) is 1. The number of thiocarbonyl (C=S) groups is 1. The molecule has 0 unspecified atom stereocenters. The predicted molar refractivity (Wildman–Crippen MR) is 121 cm³/mol. The van der Waals surface area contributed by atoms with E-state index in [0.29, 0.717) is 18.1 Å². The lowest BCUT2D eigenvalue weighted by atomic mass is 10.1. The van der Waals surface area contributed by atoms with Crippen LogP contribution in [0.1, 0.15) is 35.1 Å². The molecule has 0 spiro atoms. The summed E-state index contributed by atoms with van der Waals surface area (Å²) < 4.78 is 0. The van der Waals surface area contributed by atoms with Crippen LogP contribution in [-0.4, -0.2) is 29.3 Å². The van der Waals surface area contributed by atoms with E-state index in [9.17, 15) is 4.79 Å². The number of aliphatic hydroxyl groups excluding tert-OH is 1. The van der Waals surface area contributed by atoms with E-state index in [-0.39, 0.29) is 12.5 Å². The van der Waals surface area contributed by atoms with Crippen LogP contribution >= 0.6 is 12.2 Å². The molecule has 4 nitrogen and oxygen atoms in total. The molecular weight excluding hydrogens is 368 g/mol. The van der Waals surface area contributed by atoms with Crippen molar-refractivity contribution in [1.82, 2.24) is 5.32 Å². The van der Waals surface area contributed by atoms with Crippen LogP contribution in [0.4, 0.5) is 5.69 Å². The highest BCUT2D eigenvalue weighted by molar-refractivity contribution is 7.80. The summed E-state index contributed by atoms with van der Waals surface area (Å²) in [5.74, 6) is -0.262. The Bertz CT molecular complexity index is 844. The third kappa shape index (κ3) is 6.59. The van der Waals surface area contributed by atoms with Crippen LogP contribution in [0.5, 0.6) is 0 Å². The molecule has 1 amide bonds. The van der Waals surface area contributed by atoms with Crippen molar-refractivity contribution in [2.75, 3.05) is 18.1 Å². The summed E-state index contributed by atoms with van der Waals surface area (Å²) in [5, 5.41) is 12.3. The first kappa shape index (κ1) is 21.8. The summed E-state index contributed by atoms with van der Waals surface area (Å²) in [6, 6.07) is 14.1. The molecule has 5 heteroatoms. The summed E-state index contributed by atoms with van der Waals surface area (Å²) in [5.41, 5.74) is 5.37. The van der Waals surface area contributed by atoms with Gasteiger partial charge in [0.15, 0.2) is 5.11 Å². The van der Waals surface area contributed by atoms with Crippen molar-refractivity contribution in [1.29, 1.82) is 0 Å². The van der Waals surface area contributed by atoms with Crippen molar-refractivity contribution < 1.29 is 9.90 Å². The van der Waals surface area contributed by atoms with Crippen LogP contribution in [-0.2, 0) is 4.79 Å². The smallest absolute Gasteiger partial charge is 0.250 e. The standard InChI is InChI=1S/C23H28N2O2S/c1-17-6-9-20(10-7-17)11-13-22(27)24-23(28)25(14-4-5-15-26)21-12-8-18(2)16-19(21)3/h6-13,16,26H,4-5,14-15H2,1-3H3,(H,24,27,28). The zero-order chi connectivity index (χ0) is 20.5. The highest BCUT2D eigenvalue weighted by Gasteiger charge is 2.15. The van der Waals surface area contributed by atoms with Crippen LogP contribution in [0.2, 0.25) is 0 Å². The molecule has 0 atom stereocenters. The maximum absolute atomic E-state index is 12.3. The minimum absolute atomic E-state index is 0.138. The molecule has 0 aliphatic rings. The van der Waals surface area contributed by atoms with Crippen molar-refractivity contribution in [3.63, 3.8) is 0 Å². The molecule has 0 saturated heterocycles. The summed E-state index contributed by atoms with van der Waals surface area (Å²) in [6.45, 7) is 6.87. The SMILES string of the molecule is Cc1ccc(C=CC(=O)NC(=S)N(CCCCO)c2ccc(C)cc2C)cc1. The van der Waals surface area contributed by atoms with Crippen LogP contribution < -0.4 is 10.2 Å². The fourth-order valence-electron chi connectivity index (χ4n) is 2.89. The Balaban J connectivity index is 2.10. The number of nitrogens with zero attached hydrogens (tertiary/aromatic N) is 1. The molecule has 2 aromatic rings. The van der Waals surface area contributed by atoms with E-state index < -0.39 is 0 Å². The van der Waals surface area contributed by atoms with Crippen molar-refractivity contribution >= 4 is 35.0 Å². The van der Waals surface area contributed by atoms with Gasteiger partial charge in [0.05, 0.1) is 0 Å².